The molecule has 2 aromatic carbocycles. The number of rotatable bonds is 2. The van der Waals surface area contributed by atoms with Crippen LogP contribution in [0.1, 0.15) is 38.9 Å². The van der Waals surface area contributed by atoms with Gasteiger partial charge in [0, 0.05) is 42.3 Å². The van der Waals surface area contributed by atoms with Gasteiger partial charge in [0.25, 0.3) is 5.91 Å². The molecule has 2 aliphatic rings. The van der Waals surface area contributed by atoms with Gasteiger partial charge in [0.1, 0.15) is 5.82 Å². The van der Waals surface area contributed by atoms with Crippen molar-refractivity contribution in [3.05, 3.63) is 95.1 Å². The van der Waals surface area contributed by atoms with Gasteiger partial charge >= 0.3 is 0 Å². The van der Waals surface area contributed by atoms with Crippen LogP contribution in [0, 0.1) is 6.92 Å². The Morgan fingerprint density at radius 1 is 0.969 bits per heavy atom. The Morgan fingerprint density at radius 3 is 2.66 bits per heavy atom. The lowest BCUT2D eigenvalue weighted by atomic mass is 9.93. The van der Waals surface area contributed by atoms with Crippen LogP contribution in [0.3, 0.4) is 0 Å². The van der Waals surface area contributed by atoms with E-state index in [2.05, 4.69) is 48.2 Å². The number of aromatic nitrogens is 4. The molecule has 0 bridgehead atoms. The summed E-state index contributed by atoms with van der Waals surface area (Å²) >= 11 is 0. The Balaban J connectivity index is 1.42. The predicted octanol–water partition coefficient (Wildman–Crippen LogP) is 3.82. The van der Waals surface area contributed by atoms with Crippen molar-refractivity contribution in [3.63, 3.8) is 0 Å². The number of benzene rings is 2. The quantitative estimate of drug-likeness (QED) is 0.532. The molecule has 4 aromatic rings. The first-order valence-corrected chi connectivity index (χ1v) is 10.8. The van der Waals surface area contributed by atoms with E-state index in [0.717, 1.165) is 52.7 Å². The summed E-state index contributed by atoms with van der Waals surface area (Å²) in [4.78, 5) is 19.6. The van der Waals surface area contributed by atoms with Crippen LogP contribution in [0.4, 0.5) is 5.69 Å². The highest BCUT2D eigenvalue weighted by Crippen LogP contribution is 2.39. The predicted molar refractivity (Wildman–Crippen MR) is 121 cm³/mol. The molecule has 7 nitrogen and oxygen atoms in total. The number of carbonyl (C=O) groups is 1. The van der Waals surface area contributed by atoms with Gasteiger partial charge in [-0.2, -0.15) is 0 Å². The summed E-state index contributed by atoms with van der Waals surface area (Å²) in [5.41, 5.74) is 5.77. The lowest BCUT2D eigenvalue weighted by Gasteiger charge is -2.35. The molecule has 2 aromatic heterocycles. The number of hydrogen-bond acceptors (Lipinski definition) is 5. The third-order valence-corrected chi connectivity index (χ3v) is 6.28. The van der Waals surface area contributed by atoms with E-state index in [4.69, 9.17) is 0 Å². The Labute approximate surface area is 185 Å². The standard InChI is InChI=1S/C25H22N6O/c1-16-12-17(14-26-13-16)24-29-28-22-15-30(10-11-31(22)24)23-18-6-2-3-7-19(18)25(32)27-21-9-5-4-8-20(21)23/h2-9,12-14,23H,10-11,15H2,1H3,(H,27,32). The number of pyridine rings is 1. The summed E-state index contributed by atoms with van der Waals surface area (Å²) in [6.07, 6.45) is 3.68. The average Bonchev–Trinajstić information content (AvgIpc) is 3.19. The Kier molecular flexibility index (Phi) is 4.36. The van der Waals surface area contributed by atoms with Crippen LogP contribution in [0.25, 0.3) is 11.4 Å². The van der Waals surface area contributed by atoms with Gasteiger partial charge in [-0.1, -0.05) is 36.4 Å². The lowest BCUT2D eigenvalue weighted by Crippen LogP contribution is -2.37. The molecule has 6 rings (SSSR count). The van der Waals surface area contributed by atoms with Crippen molar-refractivity contribution in [2.24, 2.45) is 0 Å². The number of anilines is 1. The number of carbonyl (C=O) groups excluding carboxylic acids is 1. The molecule has 0 aliphatic carbocycles. The van der Waals surface area contributed by atoms with E-state index in [0.29, 0.717) is 12.1 Å². The van der Waals surface area contributed by atoms with Crippen molar-refractivity contribution in [1.29, 1.82) is 0 Å². The van der Waals surface area contributed by atoms with Gasteiger partial charge in [-0.3, -0.25) is 14.7 Å². The molecular formula is C25H22N6O. The van der Waals surface area contributed by atoms with E-state index in [1.807, 2.05) is 55.7 Å². The molecule has 1 unspecified atom stereocenters. The zero-order valence-corrected chi connectivity index (χ0v) is 17.7. The van der Waals surface area contributed by atoms with E-state index in [1.165, 1.54) is 0 Å². The summed E-state index contributed by atoms with van der Waals surface area (Å²) in [6, 6.07) is 18.0. The van der Waals surface area contributed by atoms with Crippen LogP contribution in [0.5, 0.6) is 0 Å². The molecule has 1 N–H and O–H groups in total. The van der Waals surface area contributed by atoms with Crippen molar-refractivity contribution in [2.75, 3.05) is 11.9 Å². The smallest absolute Gasteiger partial charge is 0.256 e. The average molecular weight is 422 g/mol. The minimum atomic E-state index is -0.0649. The number of hydrogen-bond donors (Lipinski definition) is 1. The third kappa shape index (κ3) is 3.01. The normalized spacial score (nSPS) is 17.7. The first-order valence-electron chi connectivity index (χ1n) is 10.8. The molecule has 0 saturated carbocycles. The van der Waals surface area contributed by atoms with Crippen LogP contribution in [0.15, 0.2) is 67.0 Å². The molecule has 0 spiro atoms. The second-order valence-electron chi connectivity index (χ2n) is 8.34. The molecule has 0 fully saturated rings. The highest BCUT2D eigenvalue weighted by molar-refractivity contribution is 6.07. The van der Waals surface area contributed by atoms with Crippen LogP contribution in [-0.2, 0) is 13.1 Å². The first-order chi connectivity index (χ1) is 15.7. The topological polar surface area (TPSA) is 75.9 Å². The molecular weight excluding hydrogens is 400 g/mol. The van der Waals surface area contributed by atoms with Crippen LogP contribution >= 0.6 is 0 Å². The minimum absolute atomic E-state index is 0.0455. The van der Waals surface area contributed by atoms with Crippen LogP contribution in [-0.4, -0.2) is 37.1 Å². The number of fused-ring (bicyclic) bond motifs is 3. The molecule has 1 atom stereocenters. The van der Waals surface area contributed by atoms with Crippen molar-refractivity contribution < 1.29 is 4.79 Å². The van der Waals surface area contributed by atoms with E-state index >= 15 is 0 Å². The Hall–Kier alpha value is -3.84. The highest BCUT2D eigenvalue weighted by Gasteiger charge is 2.34. The van der Waals surface area contributed by atoms with Gasteiger partial charge in [-0.15, -0.1) is 10.2 Å². The number of nitrogens with zero attached hydrogens (tertiary/aromatic N) is 5. The maximum Gasteiger partial charge on any atom is 0.256 e. The van der Waals surface area contributed by atoms with Crippen molar-refractivity contribution in [3.8, 4) is 11.4 Å². The fourth-order valence-electron chi connectivity index (χ4n) is 4.83. The summed E-state index contributed by atoms with van der Waals surface area (Å²) in [7, 11) is 0. The summed E-state index contributed by atoms with van der Waals surface area (Å²) < 4.78 is 2.19. The number of para-hydroxylation sites is 1. The van der Waals surface area contributed by atoms with Gasteiger partial charge < -0.3 is 9.88 Å². The van der Waals surface area contributed by atoms with E-state index < -0.39 is 0 Å². The summed E-state index contributed by atoms with van der Waals surface area (Å²) in [6.45, 7) is 4.27. The second-order valence-corrected chi connectivity index (χ2v) is 8.34. The van der Waals surface area contributed by atoms with Gasteiger partial charge in [-0.05, 0) is 41.8 Å². The zero-order chi connectivity index (χ0) is 21.7. The highest BCUT2D eigenvalue weighted by atomic mass is 16.1. The molecule has 0 saturated heterocycles. The minimum Gasteiger partial charge on any atom is -0.322 e. The largest absolute Gasteiger partial charge is 0.322 e. The number of aryl methyl sites for hydroxylation is 1. The lowest BCUT2D eigenvalue weighted by molar-refractivity contribution is 0.102. The third-order valence-electron chi connectivity index (χ3n) is 6.28. The first kappa shape index (κ1) is 18.9. The maximum atomic E-state index is 12.9. The SMILES string of the molecule is Cc1cncc(-c2nnc3n2CCN(C2c4ccccc4NC(=O)c4ccccc42)C3)c1. The second kappa shape index (κ2) is 7.39. The van der Waals surface area contributed by atoms with Crippen molar-refractivity contribution in [2.45, 2.75) is 26.1 Å². The fraction of sp³-hybridized carbons (Fsp3) is 0.200. The van der Waals surface area contributed by atoms with Crippen LogP contribution in [0.2, 0.25) is 0 Å². The number of nitrogens with one attached hydrogen (secondary N) is 1. The Morgan fingerprint density at radius 2 is 1.78 bits per heavy atom. The van der Waals surface area contributed by atoms with Gasteiger partial charge in [0.15, 0.2) is 5.82 Å². The zero-order valence-electron chi connectivity index (χ0n) is 17.7. The molecule has 158 valence electrons. The molecule has 7 heteroatoms. The molecule has 32 heavy (non-hydrogen) atoms. The molecule has 2 aliphatic heterocycles. The monoisotopic (exact) mass is 422 g/mol. The summed E-state index contributed by atoms with van der Waals surface area (Å²) in [5.74, 6) is 1.71. The summed E-state index contributed by atoms with van der Waals surface area (Å²) in [5, 5.41) is 12.1. The van der Waals surface area contributed by atoms with Gasteiger partial charge in [0.2, 0.25) is 0 Å². The molecule has 1 amide bonds. The van der Waals surface area contributed by atoms with E-state index in [-0.39, 0.29) is 11.9 Å². The van der Waals surface area contributed by atoms with Crippen molar-refractivity contribution in [1.82, 2.24) is 24.6 Å². The van der Waals surface area contributed by atoms with E-state index in [9.17, 15) is 4.79 Å². The maximum absolute atomic E-state index is 12.9. The van der Waals surface area contributed by atoms with Crippen molar-refractivity contribution >= 4 is 11.6 Å². The van der Waals surface area contributed by atoms with Gasteiger partial charge in [-0.25, -0.2) is 0 Å². The fourth-order valence-corrected chi connectivity index (χ4v) is 4.83. The van der Waals surface area contributed by atoms with Crippen LogP contribution < -0.4 is 5.32 Å². The van der Waals surface area contributed by atoms with Gasteiger partial charge in [0.05, 0.1) is 12.6 Å². The number of amides is 1. The Bertz CT molecular complexity index is 1340. The molecule has 4 heterocycles. The molecule has 0 radical (unpaired) electrons. The van der Waals surface area contributed by atoms with E-state index in [1.54, 1.807) is 0 Å².